The minimum atomic E-state index is -1.23. The van der Waals surface area contributed by atoms with E-state index in [-0.39, 0.29) is 16.4 Å². The van der Waals surface area contributed by atoms with Gasteiger partial charge in [-0.05, 0) is 48.5 Å². The number of nitrogens with zero attached hydrogens (tertiary/aromatic N) is 2. The van der Waals surface area contributed by atoms with Crippen LogP contribution in [0.25, 0.3) is 5.76 Å². The standard InChI is InChI=1S/C23H23N3O8S/c1-32-18-9-4-14(12-19(18)33-2)10-11-24-23(35)25-13-17(21(28)22(29)34-3)20(27)15-5-7-16(8-6-15)26(30)31/h4-9,12-13,27H,10-11H2,1-3H3,(H,24,35)/b20-17+,25-13+. The van der Waals surface area contributed by atoms with Crippen molar-refractivity contribution in [1.29, 1.82) is 0 Å². The number of non-ortho nitro benzene ring substituents is 1. The molecule has 0 spiro atoms. The van der Waals surface area contributed by atoms with Gasteiger partial charge in [-0.15, -0.1) is 0 Å². The van der Waals surface area contributed by atoms with Crippen molar-refractivity contribution in [3.05, 3.63) is 69.3 Å². The van der Waals surface area contributed by atoms with E-state index in [0.717, 1.165) is 31.0 Å². The van der Waals surface area contributed by atoms with Crippen LogP contribution in [0.15, 0.2) is 53.0 Å². The van der Waals surface area contributed by atoms with Crippen LogP contribution < -0.4 is 14.8 Å². The van der Waals surface area contributed by atoms with Gasteiger partial charge in [0.25, 0.3) is 11.5 Å². The highest BCUT2D eigenvalue weighted by Crippen LogP contribution is 2.27. The zero-order valence-electron chi connectivity index (χ0n) is 19.1. The highest BCUT2D eigenvalue weighted by atomic mass is 32.1. The number of nitrogens with one attached hydrogen (secondary N) is 1. The summed E-state index contributed by atoms with van der Waals surface area (Å²) in [6, 6.07) is 10.2. The molecular formula is C23H23N3O8S. The number of carbonyl (C=O) groups is 2. The molecule has 0 unspecified atom stereocenters. The fraction of sp³-hybridized carbons (Fsp3) is 0.217. The molecule has 0 aromatic heterocycles. The number of benzene rings is 2. The van der Waals surface area contributed by atoms with Crippen LogP contribution >= 0.6 is 12.2 Å². The molecule has 0 fully saturated rings. The van der Waals surface area contributed by atoms with E-state index in [9.17, 15) is 24.8 Å². The van der Waals surface area contributed by atoms with Crippen molar-refractivity contribution in [2.45, 2.75) is 6.42 Å². The molecule has 184 valence electrons. The summed E-state index contributed by atoms with van der Waals surface area (Å²) in [7, 11) is 4.09. The van der Waals surface area contributed by atoms with Crippen LogP contribution in [0.4, 0.5) is 5.69 Å². The van der Waals surface area contributed by atoms with Gasteiger partial charge in [-0.2, -0.15) is 0 Å². The molecule has 2 aromatic carbocycles. The number of methoxy groups -OCH3 is 3. The Kier molecular flexibility index (Phi) is 9.84. The molecule has 0 aliphatic carbocycles. The van der Waals surface area contributed by atoms with Crippen LogP contribution in [0.2, 0.25) is 0 Å². The number of aliphatic hydroxyl groups excluding tert-OH is 1. The highest BCUT2D eigenvalue weighted by Gasteiger charge is 2.23. The summed E-state index contributed by atoms with van der Waals surface area (Å²) < 4.78 is 14.9. The number of hydrogen-bond donors (Lipinski definition) is 2. The van der Waals surface area contributed by atoms with Crippen LogP contribution in [0.5, 0.6) is 11.5 Å². The second kappa shape index (κ2) is 12.8. The summed E-state index contributed by atoms with van der Waals surface area (Å²) in [6.07, 6.45) is 1.50. The number of hydrogen-bond acceptors (Lipinski definition) is 9. The zero-order valence-corrected chi connectivity index (χ0v) is 20.0. The lowest BCUT2D eigenvalue weighted by atomic mass is 10.1. The molecule has 0 aliphatic rings. The largest absolute Gasteiger partial charge is 0.506 e. The fourth-order valence-electron chi connectivity index (χ4n) is 2.85. The number of aliphatic hydroxyl groups is 1. The zero-order chi connectivity index (χ0) is 26.0. The molecular weight excluding hydrogens is 478 g/mol. The molecule has 11 nitrogen and oxygen atoms in total. The Morgan fingerprint density at radius 2 is 1.77 bits per heavy atom. The lowest BCUT2D eigenvalue weighted by molar-refractivity contribution is -0.384. The van der Waals surface area contributed by atoms with Crippen LogP contribution in [-0.4, -0.2) is 61.0 Å². The molecule has 0 saturated carbocycles. The molecule has 2 N–H and O–H groups in total. The Labute approximate surface area is 206 Å². The molecule has 0 amide bonds. The van der Waals surface area contributed by atoms with Gasteiger partial charge in [-0.1, -0.05) is 6.07 Å². The Bertz CT molecular complexity index is 1180. The molecule has 0 heterocycles. The van der Waals surface area contributed by atoms with Crippen molar-refractivity contribution in [1.82, 2.24) is 5.32 Å². The molecule has 35 heavy (non-hydrogen) atoms. The third-order valence-corrected chi connectivity index (χ3v) is 4.92. The smallest absolute Gasteiger partial charge is 0.379 e. The summed E-state index contributed by atoms with van der Waals surface area (Å²) in [5.74, 6) is -1.82. The van der Waals surface area contributed by atoms with Gasteiger partial charge in [0, 0.05) is 30.5 Å². The lowest BCUT2D eigenvalue weighted by Crippen LogP contribution is -2.24. The van der Waals surface area contributed by atoms with Gasteiger partial charge in [0.05, 0.1) is 31.8 Å². The predicted molar refractivity (Wildman–Crippen MR) is 132 cm³/mol. The Morgan fingerprint density at radius 1 is 1.11 bits per heavy atom. The third kappa shape index (κ3) is 7.33. The first kappa shape index (κ1) is 26.9. The molecule has 0 atom stereocenters. The number of carbonyl (C=O) groups excluding carboxylic acids is 2. The quantitative estimate of drug-likeness (QED) is 0.0727. The van der Waals surface area contributed by atoms with Crippen LogP contribution in [0.1, 0.15) is 11.1 Å². The second-order valence-electron chi connectivity index (χ2n) is 6.82. The maximum Gasteiger partial charge on any atom is 0.379 e. The molecule has 12 heteroatoms. The highest BCUT2D eigenvalue weighted by molar-refractivity contribution is 7.80. The average Bonchev–Trinajstić information content (AvgIpc) is 2.87. The Hall–Kier alpha value is -4.32. The first-order valence-corrected chi connectivity index (χ1v) is 10.5. The monoisotopic (exact) mass is 501 g/mol. The van der Waals surface area contributed by atoms with Gasteiger partial charge in [0.15, 0.2) is 16.6 Å². The first-order chi connectivity index (χ1) is 16.7. The topological polar surface area (TPSA) is 150 Å². The van der Waals surface area contributed by atoms with Crippen molar-refractivity contribution in [3.8, 4) is 11.5 Å². The van der Waals surface area contributed by atoms with E-state index in [1.807, 2.05) is 12.1 Å². The summed E-state index contributed by atoms with van der Waals surface area (Å²) in [4.78, 5) is 38.3. The number of esters is 1. The Balaban J connectivity index is 2.16. The van der Waals surface area contributed by atoms with E-state index in [2.05, 4.69) is 15.0 Å². The maximum absolute atomic E-state index is 12.4. The molecule has 0 saturated heterocycles. The second-order valence-corrected chi connectivity index (χ2v) is 7.20. The number of rotatable bonds is 10. The molecule has 0 bridgehead atoms. The third-order valence-electron chi connectivity index (χ3n) is 4.67. The molecule has 2 rings (SSSR count). The van der Waals surface area contributed by atoms with E-state index in [1.54, 1.807) is 13.2 Å². The van der Waals surface area contributed by atoms with Gasteiger partial charge in [-0.3, -0.25) is 14.9 Å². The number of ketones is 1. The fourth-order valence-corrected chi connectivity index (χ4v) is 3.00. The molecule has 2 aromatic rings. The number of nitro benzene ring substituents is 1. The number of ether oxygens (including phenoxy) is 3. The normalized spacial score (nSPS) is 11.4. The molecule has 0 aliphatic heterocycles. The van der Waals surface area contributed by atoms with Gasteiger partial charge in [0.2, 0.25) is 0 Å². The van der Waals surface area contributed by atoms with Crippen molar-refractivity contribution >= 4 is 46.7 Å². The SMILES string of the molecule is COC(=O)C(=O)C(/C=N/C(=S)NCCc1ccc(OC)c(OC)c1)=C(/O)c1ccc([N+](=O)[O-])cc1. The number of aliphatic imine (C=N–C) groups is 1. The van der Waals surface area contributed by atoms with Gasteiger partial charge < -0.3 is 24.6 Å². The van der Waals surface area contributed by atoms with E-state index in [1.165, 1.54) is 19.2 Å². The minimum Gasteiger partial charge on any atom is -0.506 e. The first-order valence-electron chi connectivity index (χ1n) is 10.0. The molecule has 0 radical (unpaired) electrons. The maximum atomic E-state index is 12.4. The van der Waals surface area contributed by atoms with Crippen molar-refractivity contribution in [3.63, 3.8) is 0 Å². The number of nitro groups is 1. The summed E-state index contributed by atoms with van der Waals surface area (Å²) in [5, 5.41) is 24.3. The number of thiocarbonyl (C=S) groups is 1. The van der Waals surface area contributed by atoms with Crippen molar-refractivity contribution in [2.24, 2.45) is 4.99 Å². The van der Waals surface area contributed by atoms with E-state index >= 15 is 0 Å². The minimum absolute atomic E-state index is 0.00265. The summed E-state index contributed by atoms with van der Waals surface area (Å²) >= 11 is 5.15. The predicted octanol–water partition coefficient (Wildman–Crippen LogP) is 2.81. The van der Waals surface area contributed by atoms with E-state index < -0.39 is 28.0 Å². The van der Waals surface area contributed by atoms with Gasteiger partial charge >= 0.3 is 5.97 Å². The van der Waals surface area contributed by atoms with Crippen molar-refractivity contribution in [2.75, 3.05) is 27.9 Å². The van der Waals surface area contributed by atoms with Gasteiger partial charge in [-0.25, -0.2) is 9.79 Å². The average molecular weight is 502 g/mol. The lowest BCUT2D eigenvalue weighted by Gasteiger charge is -2.10. The summed E-state index contributed by atoms with van der Waals surface area (Å²) in [6.45, 7) is 0.393. The van der Waals surface area contributed by atoms with E-state index in [4.69, 9.17) is 21.7 Å². The van der Waals surface area contributed by atoms with E-state index in [0.29, 0.717) is 24.5 Å². The van der Waals surface area contributed by atoms with Crippen LogP contribution in [0.3, 0.4) is 0 Å². The van der Waals surface area contributed by atoms with Crippen molar-refractivity contribution < 1.29 is 33.8 Å². The van der Waals surface area contributed by atoms with Crippen LogP contribution in [-0.2, 0) is 20.7 Å². The van der Waals surface area contributed by atoms with Gasteiger partial charge in [0.1, 0.15) is 5.76 Å². The number of Topliss-reactive ketones (excluding diaryl/α,β-unsaturated/α-hetero) is 1. The van der Waals surface area contributed by atoms with Crippen LogP contribution in [0, 0.1) is 10.1 Å². The Morgan fingerprint density at radius 3 is 2.34 bits per heavy atom. The summed E-state index contributed by atoms with van der Waals surface area (Å²) in [5.41, 5.74) is 0.298.